The first-order valence-corrected chi connectivity index (χ1v) is 13.1. The van der Waals surface area contributed by atoms with Gasteiger partial charge in [0.1, 0.15) is 11.4 Å². The normalized spacial score (nSPS) is 14.1. The molecule has 0 bridgehead atoms. The second-order valence-corrected chi connectivity index (χ2v) is 11.0. The summed E-state index contributed by atoms with van der Waals surface area (Å²) in [6.45, 7) is 4.16. The lowest BCUT2D eigenvalue weighted by molar-refractivity contribution is -0.148. The van der Waals surface area contributed by atoms with E-state index in [1.165, 1.54) is 29.2 Å². The molecule has 2 amide bonds. The molecule has 1 aliphatic rings. The number of carbonyl (C=O) groups is 2. The third-order valence-electron chi connectivity index (χ3n) is 6.60. The number of nitrogens with one attached hydrogen (secondary N) is 1. The van der Waals surface area contributed by atoms with Crippen LogP contribution in [0.1, 0.15) is 49.8 Å². The van der Waals surface area contributed by atoms with Crippen LogP contribution in [0, 0.1) is 28.8 Å². The minimum Gasteiger partial charge on any atom is -0.444 e. The Morgan fingerprint density at radius 1 is 1.05 bits per heavy atom. The first-order valence-electron chi connectivity index (χ1n) is 13.1. The fraction of sp³-hybridized carbons (Fsp3) is 0.379. The molecule has 2 aromatic carbocycles. The van der Waals surface area contributed by atoms with Crippen LogP contribution in [0.5, 0.6) is 0 Å². The van der Waals surface area contributed by atoms with Gasteiger partial charge >= 0.3 is 12.3 Å². The SMILES string of the molecule is CC(C)(C)OC(=O)N[C@@H](CC(=O)N1CCn2c(C(F)(F)F)nc(-c3ccc(C#N)cc3)c2C1)Cc1cc(F)c(F)cc1F. The van der Waals surface area contributed by atoms with E-state index in [4.69, 9.17) is 10.00 Å². The summed E-state index contributed by atoms with van der Waals surface area (Å²) in [4.78, 5) is 31.0. The number of halogens is 6. The number of hydrogen-bond donors (Lipinski definition) is 1. The van der Waals surface area contributed by atoms with Gasteiger partial charge in [0, 0.05) is 37.2 Å². The fourth-order valence-electron chi connectivity index (χ4n) is 4.71. The van der Waals surface area contributed by atoms with Crippen molar-refractivity contribution in [1.29, 1.82) is 5.26 Å². The lowest BCUT2D eigenvalue weighted by atomic mass is 10.0. The minimum atomic E-state index is -4.78. The highest BCUT2D eigenvalue weighted by atomic mass is 19.4. The number of ether oxygens (including phenoxy) is 1. The van der Waals surface area contributed by atoms with Crippen molar-refractivity contribution in [2.75, 3.05) is 6.54 Å². The highest BCUT2D eigenvalue weighted by molar-refractivity contribution is 5.78. The van der Waals surface area contributed by atoms with E-state index in [-0.39, 0.29) is 36.6 Å². The topological polar surface area (TPSA) is 100 Å². The average Bonchev–Trinajstić information content (AvgIpc) is 3.30. The van der Waals surface area contributed by atoms with Gasteiger partial charge in [0.15, 0.2) is 11.6 Å². The number of benzene rings is 2. The summed E-state index contributed by atoms with van der Waals surface area (Å²) >= 11 is 0. The van der Waals surface area contributed by atoms with E-state index in [1.54, 1.807) is 20.8 Å². The van der Waals surface area contributed by atoms with E-state index in [9.17, 15) is 35.9 Å². The summed E-state index contributed by atoms with van der Waals surface area (Å²) in [6.07, 6.45) is -6.58. The smallest absolute Gasteiger partial charge is 0.444 e. The molecule has 0 fully saturated rings. The number of hydrogen-bond acceptors (Lipinski definition) is 5. The highest BCUT2D eigenvalue weighted by Gasteiger charge is 2.41. The number of amides is 2. The number of nitriles is 1. The maximum atomic E-state index is 14.4. The summed E-state index contributed by atoms with van der Waals surface area (Å²) in [7, 11) is 0. The average molecular weight is 608 g/mol. The van der Waals surface area contributed by atoms with Gasteiger partial charge in [-0.3, -0.25) is 4.79 Å². The molecule has 2 heterocycles. The monoisotopic (exact) mass is 607 g/mol. The van der Waals surface area contributed by atoms with Crippen molar-refractivity contribution in [2.45, 2.75) is 64.5 Å². The van der Waals surface area contributed by atoms with Gasteiger partial charge in [-0.05, 0) is 51.0 Å². The Kier molecular flexibility index (Phi) is 8.75. The quantitative estimate of drug-likeness (QED) is 0.285. The first kappa shape index (κ1) is 31.4. The molecule has 0 unspecified atom stereocenters. The van der Waals surface area contributed by atoms with Crippen LogP contribution < -0.4 is 5.32 Å². The number of imidazole rings is 1. The van der Waals surface area contributed by atoms with Crippen molar-refractivity contribution >= 4 is 12.0 Å². The number of aromatic nitrogens is 2. The van der Waals surface area contributed by atoms with Crippen molar-refractivity contribution < 1.29 is 40.7 Å². The Bertz CT molecular complexity index is 1570. The second kappa shape index (κ2) is 12.0. The fourth-order valence-corrected chi connectivity index (χ4v) is 4.71. The summed E-state index contributed by atoms with van der Waals surface area (Å²) < 4.78 is 89.5. The predicted molar refractivity (Wildman–Crippen MR) is 141 cm³/mol. The molecule has 14 heteroatoms. The van der Waals surface area contributed by atoms with Crippen molar-refractivity contribution in [3.05, 3.63) is 76.5 Å². The van der Waals surface area contributed by atoms with Crippen molar-refractivity contribution in [1.82, 2.24) is 19.8 Å². The van der Waals surface area contributed by atoms with Crippen LogP contribution in [0.2, 0.25) is 0 Å². The van der Waals surface area contributed by atoms with E-state index in [0.717, 1.165) is 4.57 Å². The molecule has 0 radical (unpaired) electrons. The van der Waals surface area contributed by atoms with Crippen LogP contribution in [-0.4, -0.2) is 44.6 Å². The first-order chi connectivity index (χ1) is 20.1. The molecule has 1 aliphatic heterocycles. The maximum Gasteiger partial charge on any atom is 0.449 e. The molecule has 0 saturated carbocycles. The van der Waals surface area contributed by atoms with Crippen molar-refractivity contribution in [3.63, 3.8) is 0 Å². The standard InChI is InChI=1S/C29H27F6N5O3/c1-28(2,3)43-27(42)37-19(10-18-11-21(31)22(32)13-20(18)30)12-24(41)39-8-9-40-23(15-39)25(38-26(40)29(33,34)35)17-6-4-16(14-36)5-7-17/h4-7,11,13,19H,8-10,12,15H2,1-3H3,(H,37,42)/t19-/m1/s1. The summed E-state index contributed by atoms with van der Waals surface area (Å²) in [5.41, 5.74) is -0.518. The lowest BCUT2D eigenvalue weighted by Gasteiger charge is -2.31. The van der Waals surface area contributed by atoms with Gasteiger partial charge in [0.05, 0.1) is 29.6 Å². The Balaban J connectivity index is 1.61. The van der Waals surface area contributed by atoms with Crippen LogP contribution >= 0.6 is 0 Å². The minimum absolute atomic E-state index is 0.0124. The molecule has 1 aromatic heterocycles. The van der Waals surface area contributed by atoms with Gasteiger partial charge < -0.3 is 19.5 Å². The molecule has 4 rings (SSSR count). The zero-order chi connectivity index (χ0) is 31.7. The zero-order valence-electron chi connectivity index (χ0n) is 23.4. The second-order valence-electron chi connectivity index (χ2n) is 11.0. The van der Waals surface area contributed by atoms with Gasteiger partial charge in [0.25, 0.3) is 0 Å². The molecular formula is C29H27F6N5O3. The molecule has 0 spiro atoms. The molecule has 3 aromatic rings. The maximum absolute atomic E-state index is 14.4. The highest BCUT2D eigenvalue weighted by Crippen LogP contribution is 2.36. The third kappa shape index (κ3) is 7.46. The molecule has 0 aliphatic carbocycles. The van der Waals surface area contributed by atoms with Gasteiger partial charge in [-0.25, -0.2) is 22.9 Å². The van der Waals surface area contributed by atoms with E-state index in [1.807, 2.05) is 6.07 Å². The largest absolute Gasteiger partial charge is 0.449 e. The number of fused-ring (bicyclic) bond motifs is 1. The number of rotatable bonds is 6. The van der Waals surface area contributed by atoms with E-state index in [0.29, 0.717) is 23.3 Å². The van der Waals surface area contributed by atoms with Crippen LogP contribution in [0.4, 0.5) is 31.1 Å². The molecule has 0 saturated heterocycles. The Labute approximate surface area is 242 Å². The van der Waals surface area contributed by atoms with Gasteiger partial charge in [-0.1, -0.05) is 12.1 Å². The van der Waals surface area contributed by atoms with E-state index >= 15 is 0 Å². The molecule has 1 N–H and O–H groups in total. The van der Waals surface area contributed by atoms with Crippen LogP contribution in [0.25, 0.3) is 11.3 Å². The van der Waals surface area contributed by atoms with E-state index < -0.39 is 65.9 Å². The number of carbonyl (C=O) groups excluding carboxylic acids is 2. The third-order valence-corrected chi connectivity index (χ3v) is 6.60. The molecule has 1 atom stereocenters. The molecule has 8 nitrogen and oxygen atoms in total. The van der Waals surface area contributed by atoms with Gasteiger partial charge in [-0.2, -0.15) is 18.4 Å². The number of alkyl carbamates (subject to hydrolysis) is 1. The van der Waals surface area contributed by atoms with Crippen molar-refractivity contribution in [2.24, 2.45) is 0 Å². The number of alkyl halides is 3. The van der Waals surface area contributed by atoms with Crippen LogP contribution in [0.3, 0.4) is 0 Å². The molecule has 43 heavy (non-hydrogen) atoms. The van der Waals surface area contributed by atoms with Crippen LogP contribution in [0.15, 0.2) is 36.4 Å². The lowest BCUT2D eigenvalue weighted by Crippen LogP contribution is -2.45. The molecule has 228 valence electrons. The predicted octanol–water partition coefficient (Wildman–Crippen LogP) is 5.73. The van der Waals surface area contributed by atoms with Gasteiger partial charge in [0.2, 0.25) is 11.7 Å². The Hall–Kier alpha value is -4.54. The van der Waals surface area contributed by atoms with Gasteiger partial charge in [-0.15, -0.1) is 0 Å². The summed E-state index contributed by atoms with van der Waals surface area (Å²) in [5, 5.41) is 11.5. The van der Waals surface area contributed by atoms with E-state index in [2.05, 4.69) is 10.3 Å². The summed E-state index contributed by atoms with van der Waals surface area (Å²) in [6, 6.07) is 7.55. The molecular weight excluding hydrogens is 580 g/mol. The van der Waals surface area contributed by atoms with Crippen LogP contribution in [-0.2, 0) is 35.2 Å². The Morgan fingerprint density at radius 3 is 2.30 bits per heavy atom. The Morgan fingerprint density at radius 2 is 1.70 bits per heavy atom. The zero-order valence-corrected chi connectivity index (χ0v) is 23.4. The van der Waals surface area contributed by atoms with Crippen molar-refractivity contribution in [3.8, 4) is 17.3 Å². The number of nitrogens with zero attached hydrogens (tertiary/aromatic N) is 4. The summed E-state index contributed by atoms with van der Waals surface area (Å²) in [5.74, 6) is -5.55.